The molecule has 0 saturated carbocycles. The van der Waals surface area contributed by atoms with Crippen molar-refractivity contribution in [1.82, 2.24) is 4.90 Å². The Balaban J connectivity index is 2.05. The van der Waals surface area contributed by atoms with Crippen LogP contribution in [0.1, 0.15) is 6.42 Å². The van der Waals surface area contributed by atoms with Gasteiger partial charge in [0.05, 0.1) is 6.61 Å². The van der Waals surface area contributed by atoms with E-state index in [1.54, 1.807) is 0 Å². The van der Waals surface area contributed by atoms with E-state index >= 15 is 0 Å². The van der Waals surface area contributed by atoms with Gasteiger partial charge in [-0.1, -0.05) is 0 Å². The highest BCUT2D eigenvalue weighted by molar-refractivity contribution is 7.99. The number of alkyl halides is 3. The smallest absolute Gasteiger partial charge is 0.459 e. The first kappa shape index (κ1) is 13.6. The van der Waals surface area contributed by atoms with Crippen LogP contribution >= 0.6 is 11.8 Å². The third-order valence-electron chi connectivity index (χ3n) is 2.19. The molecule has 0 aliphatic carbocycles. The number of hydrogen-bond acceptors (Lipinski definition) is 4. The molecule has 3 nitrogen and oxygen atoms in total. The number of hydrogen-bond donors (Lipinski definition) is 0. The van der Waals surface area contributed by atoms with E-state index in [1.807, 2.05) is 11.8 Å². The standard InChI is InChI=1S/C9H14F3NO2S/c10-9(11,12)8(14)15-5-1-2-13-3-6-16-7-4-13/h1-7H2. The lowest BCUT2D eigenvalue weighted by Gasteiger charge is -2.25. The van der Waals surface area contributed by atoms with Crippen molar-refractivity contribution in [1.29, 1.82) is 0 Å². The molecule has 1 fully saturated rings. The Labute approximate surface area is 96.3 Å². The van der Waals surface area contributed by atoms with Crippen molar-refractivity contribution in [2.24, 2.45) is 0 Å². The van der Waals surface area contributed by atoms with Crippen molar-refractivity contribution in [3.63, 3.8) is 0 Å². The molecule has 1 aliphatic heterocycles. The predicted octanol–water partition coefficient (Wildman–Crippen LogP) is 1.53. The molecule has 0 aromatic heterocycles. The van der Waals surface area contributed by atoms with Crippen molar-refractivity contribution in [3.8, 4) is 0 Å². The SMILES string of the molecule is O=C(OCCCN1CCSCC1)C(F)(F)F. The Morgan fingerprint density at radius 3 is 2.50 bits per heavy atom. The maximum atomic E-state index is 11.7. The largest absolute Gasteiger partial charge is 0.490 e. The molecule has 16 heavy (non-hydrogen) atoms. The molecule has 0 aromatic rings. The van der Waals surface area contributed by atoms with E-state index in [2.05, 4.69) is 9.64 Å². The topological polar surface area (TPSA) is 29.5 Å². The molecule has 1 rings (SSSR count). The average molecular weight is 257 g/mol. The van der Waals surface area contributed by atoms with Crippen LogP contribution in [0.25, 0.3) is 0 Å². The maximum Gasteiger partial charge on any atom is 0.490 e. The van der Waals surface area contributed by atoms with Gasteiger partial charge < -0.3 is 9.64 Å². The van der Waals surface area contributed by atoms with Crippen LogP contribution in [-0.4, -0.2) is 54.8 Å². The average Bonchev–Trinajstić information content (AvgIpc) is 2.24. The summed E-state index contributed by atoms with van der Waals surface area (Å²) < 4.78 is 39.3. The van der Waals surface area contributed by atoms with E-state index in [4.69, 9.17) is 0 Å². The van der Waals surface area contributed by atoms with Crippen molar-refractivity contribution in [3.05, 3.63) is 0 Å². The minimum absolute atomic E-state index is 0.165. The van der Waals surface area contributed by atoms with E-state index in [0.717, 1.165) is 24.6 Å². The number of ether oxygens (including phenoxy) is 1. The van der Waals surface area contributed by atoms with Crippen LogP contribution in [0.2, 0.25) is 0 Å². The van der Waals surface area contributed by atoms with Crippen molar-refractivity contribution in [2.45, 2.75) is 12.6 Å². The third kappa shape index (κ3) is 5.07. The summed E-state index contributed by atoms with van der Waals surface area (Å²) in [6.45, 7) is 2.43. The van der Waals surface area contributed by atoms with Gasteiger partial charge in [0.25, 0.3) is 0 Å². The second-order valence-corrected chi connectivity index (χ2v) is 4.67. The van der Waals surface area contributed by atoms with Crippen LogP contribution in [0.3, 0.4) is 0 Å². The molecular weight excluding hydrogens is 243 g/mol. The fraction of sp³-hybridized carbons (Fsp3) is 0.889. The van der Waals surface area contributed by atoms with E-state index in [9.17, 15) is 18.0 Å². The summed E-state index contributed by atoms with van der Waals surface area (Å²) in [6.07, 6.45) is -4.42. The molecule has 0 spiro atoms. The molecule has 0 aromatic carbocycles. The van der Waals surface area contributed by atoms with Crippen LogP contribution in [0.15, 0.2) is 0 Å². The number of rotatable bonds is 4. The number of thioether (sulfide) groups is 1. The van der Waals surface area contributed by atoms with Gasteiger partial charge in [0, 0.05) is 31.1 Å². The first-order valence-electron chi connectivity index (χ1n) is 5.04. The van der Waals surface area contributed by atoms with E-state index in [-0.39, 0.29) is 6.61 Å². The summed E-state index contributed by atoms with van der Waals surface area (Å²) in [5, 5.41) is 0. The van der Waals surface area contributed by atoms with Crippen molar-refractivity contribution in [2.75, 3.05) is 37.7 Å². The van der Waals surface area contributed by atoms with Gasteiger partial charge >= 0.3 is 12.1 Å². The first-order chi connectivity index (χ1) is 7.50. The number of carbonyl (C=O) groups is 1. The van der Waals surface area contributed by atoms with Crippen molar-refractivity contribution < 1.29 is 22.7 Å². The third-order valence-corrected chi connectivity index (χ3v) is 3.13. The number of nitrogens with zero attached hydrogens (tertiary/aromatic N) is 1. The minimum atomic E-state index is -4.87. The van der Waals surface area contributed by atoms with Gasteiger partial charge in [-0.15, -0.1) is 0 Å². The molecule has 0 bridgehead atoms. The predicted molar refractivity (Wildman–Crippen MR) is 55.4 cm³/mol. The molecule has 0 N–H and O–H groups in total. The van der Waals surface area contributed by atoms with Gasteiger partial charge in [-0.3, -0.25) is 0 Å². The Morgan fingerprint density at radius 2 is 1.94 bits per heavy atom. The van der Waals surface area contributed by atoms with E-state index in [1.165, 1.54) is 0 Å². The monoisotopic (exact) mass is 257 g/mol. The van der Waals surface area contributed by atoms with Crippen LogP contribution in [0.5, 0.6) is 0 Å². The lowest BCUT2D eigenvalue weighted by Crippen LogP contribution is -2.34. The van der Waals surface area contributed by atoms with Crippen LogP contribution in [0, 0.1) is 0 Å². The fourth-order valence-electron chi connectivity index (χ4n) is 1.36. The Kier molecular flexibility index (Phi) is 5.40. The number of esters is 1. The summed E-state index contributed by atoms with van der Waals surface area (Å²) in [5.41, 5.74) is 0. The minimum Gasteiger partial charge on any atom is -0.459 e. The van der Waals surface area contributed by atoms with Gasteiger partial charge in [0.1, 0.15) is 0 Å². The molecule has 94 valence electrons. The zero-order valence-electron chi connectivity index (χ0n) is 8.76. The van der Waals surface area contributed by atoms with Gasteiger partial charge in [-0.2, -0.15) is 24.9 Å². The maximum absolute atomic E-state index is 11.7. The molecule has 7 heteroatoms. The first-order valence-corrected chi connectivity index (χ1v) is 6.19. The summed E-state index contributed by atoms with van der Waals surface area (Å²) in [5.74, 6) is 0.0201. The summed E-state index contributed by atoms with van der Waals surface area (Å²) in [7, 11) is 0. The molecule has 0 unspecified atom stereocenters. The second-order valence-electron chi connectivity index (χ2n) is 3.44. The summed E-state index contributed by atoms with van der Waals surface area (Å²) >= 11 is 1.87. The molecule has 0 atom stereocenters. The van der Waals surface area contributed by atoms with Crippen LogP contribution in [0.4, 0.5) is 13.2 Å². The Bertz CT molecular complexity index is 229. The molecule has 1 aliphatic rings. The summed E-state index contributed by atoms with van der Waals surface area (Å²) in [4.78, 5) is 12.5. The van der Waals surface area contributed by atoms with Gasteiger partial charge in [-0.05, 0) is 6.42 Å². The molecule has 0 amide bonds. The zero-order chi connectivity index (χ0) is 12.0. The molecule has 1 saturated heterocycles. The Morgan fingerprint density at radius 1 is 1.31 bits per heavy atom. The lowest BCUT2D eigenvalue weighted by atomic mass is 10.4. The highest BCUT2D eigenvalue weighted by Crippen LogP contribution is 2.16. The normalized spacial score (nSPS) is 18.4. The number of carbonyl (C=O) groups excluding carboxylic acids is 1. The second kappa shape index (κ2) is 6.34. The van der Waals surface area contributed by atoms with E-state index < -0.39 is 12.1 Å². The highest BCUT2D eigenvalue weighted by atomic mass is 32.2. The summed E-state index contributed by atoms with van der Waals surface area (Å²) in [6, 6.07) is 0. The Hall–Kier alpha value is -0.430. The van der Waals surface area contributed by atoms with Gasteiger partial charge in [0.15, 0.2) is 0 Å². The van der Waals surface area contributed by atoms with E-state index in [0.29, 0.717) is 13.0 Å². The van der Waals surface area contributed by atoms with Crippen LogP contribution < -0.4 is 0 Å². The molecule has 0 radical (unpaired) electrons. The van der Waals surface area contributed by atoms with Crippen LogP contribution in [-0.2, 0) is 9.53 Å². The zero-order valence-corrected chi connectivity index (χ0v) is 9.57. The molecular formula is C9H14F3NO2S. The quantitative estimate of drug-likeness (QED) is 0.564. The molecule has 1 heterocycles. The lowest BCUT2D eigenvalue weighted by molar-refractivity contribution is -0.199. The number of halogens is 3. The highest BCUT2D eigenvalue weighted by Gasteiger charge is 2.40. The van der Waals surface area contributed by atoms with Gasteiger partial charge in [-0.25, -0.2) is 4.79 Å². The van der Waals surface area contributed by atoms with Crippen molar-refractivity contribution >= 4 is 17.7 Å². The fourth-order valence-corrected chi connectivity index (χ4v) is 2.34. The van der Waals surface area contributed by atoms with Gasteiger partial charge in [0.2, 0.25) is 0 Å².